The van der Waals surface area contributed by atoms with Gasteiger partial charge in [-0.1, -0.05) is 37.9 Å². The smallest absolute Gasteiger partial charge is 0.256 e. The van der Waals surface area contributed by atoms with Crippen LogP contribution in [0.5, 0.6) is 5.75 Å². The van der Waals surface area contributed by atoms with E-state index in [-0.39, 0.29) is 56.3 Å². The predicted octanol–water partition coefficient (Wildman–Crippen LogP) is 4.57. The van der Waals surface area contributed by atoms with E-state index in [2.05, 4.69) is 19.2 Å². The molecule has 6 heteroatoms. The second-order valence-electron chi connectivity index (χ2n) is 4.98. The van der Waals surface area contributed by atoms with E-state index in [1.54, 1.807) is 19.1 Å². The first-order chi connectivity index (χ1) is 11.0. The minimum absolute atomic E-state index is 0. The maximum atomic E-state index is 14.4. The van der Waals surface area contributed by atoms with Crippen LogP contribution in [0.4, 0.5) is 13.2 Å². The summed E-state index contributed by atoms with van der Waals surface area (Å²) in [4.78, 5) is 1.26. The third-order valence-corrected chi connectivity index (χ3v) is 3.37. The zero-order valence-electron chi connectivity index (χ0n) is 13.4. The molecule has 1 aliphatic rings. The van der Waals surface area contributed by atoms with Crippen molar-refractivity contribution in [3.63, 3.8) is 0 Å². The first kappa shape index (κ1) is 20.7. The number of ether oxygens (including phenoxy) is 1. The number of nitrogens with zero attached hydrogens (tertiary/aromatic N) is 1. The van der Waals surface area contributed by atoms with Crippen molar-refractivity contribution in [1.82, 2.24) is 4.90 Å². The van der Waals surface area contributed by atoms with Crippen LogP contribution in [0.2, 0.25) is 0 Å². The van der Waals surface area contributed by atoms with Crippen LogP contribution in [-0.2, 0) is 32.7 Å². The van der Waals surface area contributed by atoms with Gasteiger partial charge in [0.2, 0.25) is 0 Å². The molecule has 2 rings (SSSR count). The van der Waals surface area contributed by atoms with E-state index in [0.717, 1.165) is 0 Å². The van der Waals surface area contributed by atoms with E-state index in [1.807, 2.05) is 0 Å². The Balaban J connectivity index is 0.00000288. The van der Waals surface area contributed by atoms with Gasteiger partial charge in [0.15, 0.2) is 0 Å². The maximum absolute atomic E-state index is 14.4. The molecule has 1 aliphatic heterocycles. The van der Waals surface area contributed by atoms with Crippen molar-refractivity contribution in [1.29, 1.82) is 0 Å². The Morgan fingerprint density at radius 2 is 2.08 bits per heavy atom. The van der Waals surface area contributed by atoms with E-state index in [4.69, 9.17) is 4.74 Å². The Labute approximate surface area is 165 Å². The van der Waals surface area contributed by atoms with Crippen LogP contribution in [0.15, 0.2) is 54.8 Å². The standard InChI is InChI=1S/C18H17F3NO.Y/c1-4-10-23-16-7-5-6-14(19)18(16)15-9-8-12(2)13(3)22(15)11-17(20)21;/h4-8,17H,1,3,10-11H2,2H3;/q-1;. The van der Waals surface area contributed by atoms with Gasteiger partial charge < -0.3 is 9.64 Å². The normalized spacial score (nSPS) is 14.0. The first-order valence-corrected chi connectivity index (χ1v) is 7.03. The third kappa shape index (κ3) is 4.61. The van der Waals surface area contributed by atoms with Crippen molar-refractivity contribution in [2.75, 3.05) is 13.2 Å². The zero-order valence-corrected chi connectivity index (χ0v) is 16.2. The Morgan fingerprint density at radius 3 is 2.71 bits per heavy atom. The molecule has 0 amide bonds. The van der Waals surface area contributed by atoms with E-state index in [0.29, 0.717) is 11.3 Å². The molecule has 0 unspecified atom stereocenters. The molecule has 24 heavy (non-hydrogen) atoms. The predicted molar refractivity (Wildman–Crippen MR) is 84.3 cm³/mol. The zero-order chi connectivity index (χ0) is 17.0. The summed E-state index contributed by atoms with van der Waals surface area (Å²) < 4.78 is 45.7. The molecule has 0 bridgehead atoms. The largest absolute Gasteiger partial charge is 0.502 e. The first-order valence-electron chi connectivity index (χ1n) is 7.03. The Bertz CT molecular complexity index is 683. The number of hydrogen-bond donors (Lipinski definition) is 0. The molecular weight excluding hydrogens is 392 g/mol. The van der Waals surface area contributed by atoms with E-state index < -0.39 is 18.8 Å². The summed E-state index contributed by atoms with van der Waals surface area (Å²) in [5.41, 5.74) is 1.34. The summed E-state index contributed by atoms with van der Waals surface area (Å²) >= 11 is 0. The van der Waals surface area contributed by atoms with Crippen LogP contribution >= 0.6 is 0 Å². The summed E-state index contributed by atoms with van der Waals surface area (Å²) in [6.45, 7) is 8.67. The van der Waals surface area contributed by atoms with Crippen LogP contribution in [0, 0.1) is 11.9 Å². The average molecular weight is 409 g/mol. The van der Waals surface area contributed by atoms with E-state index in [1.165, 1.54) is 23.1 Å². The molecule has 0 spiro atoms. The third-order valence-electron chi connectivity index (χ3n) is 3.37. The number of allylic oxidation sites excluding steroid dienone is 3. The van der Waals surface area contributed by atoms with Gasteiger partial charge in [0.1, 0.15) is 6.61 Å². The van der Waals surface area contributed by atoms with Gasteiger partial charge in [-0.25, -0.2) is 13.2 Å². The van der Waals surface area contributed by atoms with Crippen molar-refractivity contribution in [3.8, 4) is 5.75 Å². The number of rotatable bonds is 6. The second kappa shape index (κ2) is 9.23. The Morgan fingerprint density at radius 1 is 1.38 bits per heavy atom. The molecule has 0 N–H and O–H groups in total. The van der Waals surface area contributed by atoms with Crippen LogP contribution in [0.3, 0.4) is 0 Å². The molecule has 1 aromatic carbocycles. The van der Waals surface area contributed by atoms with Gasteiger partial charge in [-0.05, 0) is 23.4 Å². The monoisotopic (exact) mass is 409 g/mol. The van der Waals surface area contributed by atoms with Crippen LogP contribution in [0.1, 0.15) is 12.5 Å². The van der Waals surface area contributed by atoms with Gasteiger partial charge in [-0.2, -0.15) is 12.2 Å². The topological polar surface area (TPSA) is 12.5 Å². The van der Waals surface area contributed by atoms with Crippen molar-refractivity contribution < 1.29 is 50.6 Å². The molecule has 0 fully saturated rings. The number of hydrogen-bond acceptors (Lipinski definition) is 2. The molecule has 1 heterocycles. The molecule has 0 saturated heterocycles. The van der Waals surface area contributed by atoms with Crippen LogP contribution < -0.4 is 4.74 Å². The summed E-state index contributed by atoms with van der Waals surface area (Å²) in [5, 5.41) is 0. The summed E-state index contributed by atoms with van der Waals surface area (Å²) in [6.07, 6.45) is 3.39. The van der Waals surface area contributed by atoms with Gasteiger partial charge in [-0.15, -0.1) is 5.57 Å². The molecular formula is C18H17F3NOY-. The molecule has 0 saturated carbocycles. The SMILES string of the molecule is C=CCOc1cccc(F)c1C1=[C-]C=C(C)C(=C)N1CC(F)F.[Y]. The van der Waals surface area contributed by atoms with E-state index in [9.17, 15) is 13.2 Å². The van der Waals surface area contributed by atoms with Crippen molar-refractivity contribution in [2.45, 2.75) is 13.3 Å². The van der Waals surface area contributed by atoms with Gasteiger partial charge in [-0.3, -0.25) is 0 Å². The Kier molecular flexibility index (Phi) is 7.97. The minimum atomic E-state index is -2.60. The molecule has 0 aromatic heterocycles. The van der Waals surface area contributed by atoms with E-state index >= 15 is 0 Å². The number of benzene rings is 1. The number of alkyl halides is 2. The quantitative estimate of drug-likeness (QED) is 0.504. The molecule has 1 aromatic rings. The summed E-state index contributed by atoms with van der Waals surface area (Å²) in [7, 11) is 0. The number of halogens is 3. The van der Waals surface area contributed by atoms with Crippen molar-refractivity contribution >= 4 is 5.70 Å². The van der Waals surface area contributed by atoms with Crippen LogP contribution in [-0.4, -0.2) is 24.5 Å². The van der Waals surface area contributed by atoms with Gasteiger partial charge >= 0.3 is 0 Å². The van der Waals surface area contributed by atoms with Crippen molar-refractivity contribution in [3.05, 3.63) is 72.2 Å². The summed E-state index contributed by atoms with van der Waals surface area (Å²) in [6, 6.07) is 4.32. The molecule has 1 radical (unpaired) electrons. The summed E-state index contributed by atoms with van der Waals surface area (Å²) in [5.74, 6) is -0.332. The molecule has 125 valence electrons. The van der Waals surface area contributed by atoms with Gasteiger partial charge in [0, 0.05) is 32.7 Å². The second-order valence-corrected chi connectivity index (χ2v) is 4.98. The molecule has 0 aliphatic carbocycles. The molecule has 2 nitrogen and oxygen atoms in total. The minimum Gasteiger partial charge on any atom is -0.502 e. The van der Waals surface area contributed by atoms with Crippen molar-refractivity contribution in [2.24, 2.45) is 0 Å². The fraction of sp³-hybridized carbons (Fsp3) is 0.222. The molecule has 0 atom stereocenters. The fourth-order valence-corrected chi connectivity index (χ4v) is 2.24. The fourth-order valence-electron chi connectivity index (χ4n) is 2.24. The van der Waals surface area contributed by atoms with Gasteiger partial charge in [0.05, 0.1) is 18.1 Å². The van der Waals surface area contributed by atoms with Crippen LogP contribution in [0.25, 0.3) is 5.70 Å². The maximum Gasteiger partial charge on any atom is 0.256 e. The Hall–Kier alpha value is -1.33. The average Bonchev–Trinajstić information content (AvgIpc) is 2.50. The van der Waals surface area contributed by atoms with Gasteiger partial charge in [0.25, 0.3) is 6.43 Å².